The van der Waals surface area contributed by atoms with Gasteiger partial charge in [0.05, 0.1) is 11.3 Å². The van der Waals surface area contributed by atoms with Gasteiger partial charge in [-0.2, -0.15) is 13.2 Å². The van der Waals surface area contributed by atoms with Crippen LogP contribution >= 0.6 is 0 Å². The molecule has 2 amide bonds. The van der Waals surface area contributed by atoms with E-state index in [-0.39, 0.29) is 24.3 Å². The molecular weight excluding hydrogens is 519 g/mol. The van der Waals surface area contributed by atoms with Crippen LogP contribution in [0.1, 0.15) is 45.8 Å². The number of ether oxygens (including phenoxy) is 1. The molecule has 2 aliphatic heterocycles. The summed E-state index contributed by atoms with van der Waals surface area (Å²) < 4.78 is 43.9. The lowest BCUT2D eigenvalue weighted by atomic mass is 9.86. The first-order valence-corrected chi connectivity index (χ1v) is 13.6. The Bertz CT molecular complexity index is 1340. The third kappa shape index (κ3) is 6.47. The van der Waals surface area contributed by atoms with Crippen LogP contribution in [0.3, 0.4) is 0 Å². The van der Waals surface area contributed by atoms with Crippen LogP contribution in [0.5, 0.6) is 5.75 Å². The summed E-state index contributed by atoms with van der Waals surface area (Å²) in [5, 5.41) is 2.93. The second kappa shape index (κ2) is 12.1. The number of alkyl halides is 3. The van der Waals surface area contributed by atoms with Gasteiger partial charge in [-0.15, -0.1) is 0 Å². The van der Waals surface area contributed by atoms with E-state index in [2.05, 4.69) is 10.2 Å². The molecular formula is C31H32F3N3O3. The molecule has 6 nitrogen and oxygen atoms in total. The predicted octanol–water partition coefficient (Wildman–Crippen LogP) is 5.28. The number of piperidine rings is 1. The highest BCUT2D eigenvalue weighted by Crippen LogP contribution is 2.33. The zero-order valence-corrected chi connectivity index (χ0v) is 22.1. The number of benzene rings is 3. The third-order valence-electron chi connectivity index (χ3n) is 7.66. The maximum atomic E-state index is 13.0. The van der Waals surface area contributed by atoms with Gasteiger partial charge in [-0.1, -0.05) is 42.5 Å². The lowest BCUT2D eigenvalue weighted by Gasteiger charge is -2.35. The molecule has 0 aromatic heterocycles. The van der Waals surface area contributed by atoms with Crippen LogP contribution in [-0.4, -0.2) is 56.0 Å². The molecule has 0 spiro atoms. The minimum atomic E-state index is -4.36. The number of carbonyl (C=O) groups is 2. The number of fused-ring (bicyclic) bond motifs is 1. The van der Waals surface area contributed by atoms with Crippen molar-refractivity contribution in [3.05, 3.63) is 95.1 Å². The molecule has 0 saturated carbocycles. The number of amides is 2. The van der Waals surface area contributed by atoms with E-state index in [9.17, 15) is 22.8 Å². The molecule has 2 heterocycles. The van der Waals surface area contributed by atoms with E-state index in [1.807, 2.05) is 48.5 Å². The molecule has 1 N–H and O–H groups in total. The number of likely N-dealkylation sites (tertiary alicyclic amines) is 1. The SMILES string of the molecule is O=C(NCCc1ccc(C(F)(F)F)cc1)c1ccccc1C1CCN(CCN2C(=O)COc3ccccc32)CC1. The third-order valence-corrected chi connectivity index (χ3v) is 7.66. The highest BCUT2D eigenvalue weighted by molar-refractivity contribution is 5.98. The van der Waals surface area contributed by atoms with Gasteiger partial charge in [-0.3, -0.25) is 9.59 Å². The van der Waals surface area contributed by atoms with Gasteiger partial charge in [0.1, 0.15) is 5.75 Å². The summed E-state index contributed by atoms with van der Waals surface area (Å²) >= 11 is 0. The van der Waals surface area contributed by atoms with Gasteiger partial charge in [0, 0.05) is 25.2 Å². The Labute approximate surface area is 231 Å². The number of nitrogens with one attached hydrogen (secondary N) is 1. The largest absolute Gasteiger partial charge is 0.482 e. The summed E-state index contributed by atoms with van der Waals surface area (Å²) in [4.78, 5) is 29.7. The van der Waals surface area contributed by atoms with Crippen molar-refractivity contribution >= 4 is 17.5 Å². The van der Waals surface area contributed by atoms with Gasteiger partial charge in [0.2, 0.25) is 0 Å². The molecule has 1 fully saturated rings. The average Bonchev–Trinajstić information content (AvgIpc) is 2.97. The Balaban J connectivity index is 1.12. The molecule has 3 aromatic rings. The van der Waals surface area contributed by atoms with Crippen LogP contribution in [0.25, 0.3) is 0 Å². The van der Waals surface area contributed by atoms with Crippen molar-refractivity contribution in [1.82, 2.24) is 10.2 Å². The summed E-state index contributed by atoms with van der Waals surface area (Å²) in [6.45, 7) is 3.49. The summed E-state index contributed by atoms with van der Waals surface area (Å²) in [7, 11) is 0. The maximum Gasteiger partial charge on any atom is 0.416 e. The van der Waals surface area contributed by atoms with Crippen molar-refractivity contribution in [2.75, 3.05) is 44.2 Å². The fraction of sp³-hybridized carbons (Fsp3) is 0.355. The quantitative estimate of drug-likeness (QED) is 0.414. The molecule has 210 valence electrons. The molecule has 40 heavy (non-hydrogen) atoms. The van der Waals surface area contributed by atoms with Crippen molar-refractivity contribution in [3.63, 3.8) is 0 Å². The number of hydrogen-bond acceptors (Lipinski definition) is 4. The smallest absolute Gasteiger partial charge is 0.416 e. The number of anilines is 1. The summed E-state index contributed by atoms with van der Waals surface area (Å²) in [5.41, 5.74) is 2.53. The van der Waals surface area contributed by atoms with Crippen molar-refractivity contribution in [3.8, 4) is 5.75 Å². The van der Waals surface area contributed by atoms with Crippen LogP contribution in [0.2, 0.25) is 0 Å². The Morgan fingerprint density at radius 2 is 1.62 bits per heavy atom. The lowest BCUT2D eigenvalue weighted by Crippen LogP contribution is -2.45. The zero-order chi connectivity index (χ0) is 28.1. The molecule has 2 aliphatic rings. The Morgan fingerprint density at radius 3 is 2.38 bits per heavy atom. The fourth-order valence-corrected chi connectivity index (χ4v) is 5.44. The predicted molar refractivity (Wildman–Crippen MR) is 147 cm³/mol. The number of halogens is 3. The van der Waals surface area contributed by atoms with E-state index in [0.717, 1.165) is 67.2 Å². The van der Waals surface area contributed by atoms with Gasteiger partial charge in [0.15, 0.2) is 6.61 Å². The molecule has 5 rings (SSSR count). The van der Waals surface area contributed by atoms with E-state index >= 15 is 0 Å². The van der Waals surface area contributed by atoms with E-state index in [1.54, 1.807) is 4.90 Å². The second-order valence-corrected chi connectivity index (χ2v) is 10.2. The number of hydrogen-bond donors (Lipinski definition) is 1. The molecule has 0 aliphatic carbocycles. The zero-order valence-electron chi connectivity index (χ0n) is 22.1. The van der Waals surface area contributed by atoms with Gasteiger partial charge in [0.25, 0.3) is 11.8 Å². The van der Waals surface area contributed by atoms with Gasteiger partial charge >= 0.3 is 6.18 Å². The van der Waals surface area contributed by atoms with E-state index in [0.29, 0.717) is 25.1 Å². The van der Waals surface area contributed by atoms with Crippen LogP contribution in [-0.2, 0) is 17.4 Å². The lowest BCUT2D eigenvalue weighted by molar-refractivity contribution is -0.137. The van der Waals surface area contributed by atoms with Crippen molar-refractivity contribution < 1.29 is 27.5 Å². The molecule has 0 atom stereocenters. The number of carbonyl (C=O) groups excluding carboxylic acids is 2. The first kappa shape index (κ1) is 27.7. The summed E-state index contributed by atoms with van der Waals surface area (Å²) in [5.74, 6) is 0.773. The normalized spacial score (nSPS) is 16.4. The highest BCUT2D eigenvalue weighted by Gasteiger charge is 2.30. The Morgan fingerprint density at radius 1 is 0.925 bits per heavy atom. The molecule has 1 saturated heterocycles. The van der Waals surface area contributed by atoms with Crippen molar-refractivity contribution in [2.24, 2.45) is 0 Å². The standard InChI is InChI=1S/C31H32F3N3O3/c32-31(33,34)24-11-9-22(10-12-24)13-16-35-30(39)26-6-2-1-5-25(26)23-14-17-36(18-15-23)19-20-37-27-7-3-4-8-28(27)40-21-29(37)38/h1-12,23H,13-21H2,(H,35,39). The van der Waals surface area contributed by atoms with Crippen molar-refractivity contribution in [2.45, 2.75) is 31.4 Å². The monoisotopic (exact) mass is 551 g/mol. The summed E-state index contributed by atoms with van der Waals surface area (Å²) in [6.07, 6.45) is -2.10. The Hall–Kier alpha value is -3.85. The van der Waals surface area contributed by atoms with Crippen LogP contribution < -0.4 is 15.0 Å². The minimum absolute atomic E-state index is 0.0353. The molecule has 3 aromatic carbocycles. The highest BCUT2D eigenvalue weighted by atomic mass is 19.4. The number of nitrogens with zero attached hydrogens (tertiary/aromatic N) is 2. The molecule has 0 bridgehead atoms. The van der Waals surface area contributed by atoms with Crippen LogP contribution in [0, 0.1) is 0 Å². The summed E-state index contributed by atoms with van der Waals surface area (Å²) in [6, 6.07) is 20.2. The minimum Gasteiger partial charge on any atom is -0.482 e. The number of para-hydroxylation sites is 2. The molecule has 0 radical (unpaired) electrons. The van der Waals surface area contributed by atoms with Crippen molar-refractivity contribution in [1.29, 1.82) is 0 Å². The van der Waals surface area contributed by atoms with E-state index < -0.39 is 11.7 Å². The van der Waals surface area contributed by atoms with Crippen LogP contribution in [0.4, 0.5) is 18.9 Å². The van der Waals surface area contributed by atoms with Gasteiger partial charge < -0.3 is 19.9 Å². The molecule has 0 unspecified atom stereocenters. The van der Waals surface area contributed by atoms with E-state index in [1.165, 1.54) is 12.1 Å². The fourth-order valence-electron chi connectivity index (χ4n) is 5.44. The number of rotatable bonds is 8. The second-order valence-electron chi connectivity index (χ2n) is 10.2. The average molecular weight is 552 g/mol. The Kier molecular flexibility index (Phi) is 8.40. The van der Waals surface area contributed by atoms with Gasteiger partial charge in [-0.05, 0) is 79.7 Å². The van der Waals surface area contributed by atoms with Gasteiger partial charge in [-0.25, -0.2) is 0 Å². The maximum absolute atomic E-state index is 13.0. The first-order valence-electron chi connectivity index (χ1n) is 13.6. The molecule has 9 heteroatoms. The topological polar surface area (TPSA) is 61.9 Å². The van der Waals surface area contributed by atoms with Crippen LogP contribution in [0.15, 0.2) is 72.8 Å². The first-order chi connectivity index (χ1) is 19.3. The van der Waals surface area contributed by atoms with E-state index in [4.69, 9.17) is 4.74 Å².